The van der Waals surface area contributed by atoms with Crippen molar-refractivity contribution in [2.24, 2.45) is 0 Å². The first-order valence-corrected chi connectivity index (χ1v) is 13.5. The molecule has 1 aliphatic rings. The zero-order chi connectivity index (χ0) is 26.4. The first-order valence-electron chi connectivity index (χ1n) is 12.4. The van der Waals surface area contributed by atoms with E-state index in [1.54, 1.807) is 29.9 Å². The van der Waals surface area contributed by atoms with Crippen molar-refractivity contribution in [3.8, 4) is 0 Å². The molecule has 4 rings (SSSR count). The fraction of sp³-hybridized carbons (Fsp3) is 0.370. The number of aromatic nitrogens is 2. The molecule has 10 heteroatoms. The smallest absolute Gasteiger partial charge is 0.316 e. The number of nitrogens with one attached hydrogen (secondary N) is 2. The molecule has 1 aromatic heterocycles. The van der Waals surface area contributed by atoms with Crippen LogP contribution in [0.25, 0.3) is 0 Å². The van der Waals surface area contributed by atoms with Crippen LogP contribution in [-0.2, 0) is 32.5 Å². The number of nitrogens with zero attached hydrogens (tertiary/aromatic N) is 3. The molecule has 0 spiro atoms. The van der Waals surface area contributed by atoms with Gasteiger partial charge in [0.05, 0.1) is 23.1 Å². The highest BCUT2D eigenvalue weighted by Gasteiger charge is 2.45. The Kier molecular flexibility index (Phi) is 8.50. The first-order chi connectivity index (χ1) is 17.9. The minimum absolute atomic E-state index is 0.258. The van der Waals surface area contributed by atoms with Gasteiger partial charge in [-0.2, -0.15) is 5.10 Å². The maximum Gasteiger partial charge on any atom is 0.316 e. The molecule has 0 amide bonds. The van der Waals surface area contributed by atoms with E-state index in [2.05, 4.69) is 17.3 Å². The highest BCUT2D eigenvalue weighted by molar-refractivity contribution is 7.82. The van der Waals surface area contributed by atoms with Crippen molar-refractivity contribution >= 4 is 34.5 Å². The fourth-order valence-electron chi connectivity index (χ4n) is 4.63. The summed E-state index contributed by atoms with van der Waals surface area (Å²) < 4.78 is 35.7. The molecule has 1 unspecified atom stereocenters. The van der Waals surface area contributed by atoms with Crippen LogP contribution in [0.4, 0.5) is 15.8 Å². The van der Waals surface area contributed by atoms with Crippen molar-refractivity contribution in [3.63, 3.8) is 0 Å². The summed E-state index contributed by atoms with van der Waals surface area (Å²) in [6, 6.07) is 11.5. The van der Waals surface area contributed by atoms with E-state index in [0.717, 1.165) is 18.5 Å². The van der Waals surface area contributed by atoms with Gasteiger partial charge in [-0.25, -0.2) is 12.9 Å². The number of hydrogen-bond acceptors (Lipinski definition) is 6. The van der Waals surface area contributed by atoms with Crippen LogP contribution in [0.3, 0.4) is 0 Å². The minimum atomic E-state index is -1.37. The summed E-state index contributed by atoms with van der Waals surface area (Å²) in [5.41, 5.74) is 1.81. The second kappa shape index (κ2) is 11.8. The highest BCUT2D eigenvalue weighted by atomic mass is 32.2. The standard InChI is InChI=1S/C27H32FN5O3S/c1-3-13-32-19-24(18-30-32)37(35)33-14-11-27(12-15-33,26(34)36-4-2)21-5-10-25(20(16-21)17-29)31-23-8-6-22(28)7-9-23/h5-10,16-19,29,31H,3-4,11-15H2,1-2H3. The number of benzene rings is 2. The number of hydrogen-bond donors (Lipinski definition) is 2. The Morgan fingerprint density at radius 1 is 1.22 bits per heavy atom. The van der Waals surface area contributed by atoms with E-state index in [1.165, 1.54) is 18.3 Å². The Bertz CT molecular complexity index is 1270. The third-order valence-corrected chi connectivity index (χ3v) is 8.07. The monoisotopic (exact) mass is 525 g/mol. The van der Waals surface area contributed by atoms with Crippen molar-refractivity contribution in [2.45, 2.75) is 50.0 Å². The Morgan fingerprint density at radius 3 is 2.59 bits per heavy atom. The molecule has 8 nitrogen and oxygen atoms in total. The molecule has 1 aliphatic heterocycles. The molecule has 2 N–H and O–H groups in total. The number of esters is 1. The van der Waals surface area contributed by atoms with Gasteiger partial charge in [-0.15, -0.1) is 0 Å². The van der Waals surface area contributed by atoms with Gasteiger partial charge in [0.1, 0.15) is 16.8 Å². The average Bonchev–Trinajstić information content (AvgIpc) is 3.39. The zero-order valence-corrected chi connectivity index (χ0v) is 21.9. The molecular formula is C27H32FN5O3S. The summed E-state index contributed by atoms with van der Waals surface area (Å²) in [5.74, 6) is -0.641. The number of aryl methyl sites for hydroxylation is 1. The van der Waals surface area contributed by atoms with E-state index in [9.17, 15) is 13.4 Å². The van der Waals surface area contributed by atoms with Crippen LogP contribution in [0.5, 0.6) is 0 Å². The minimum Gasteiger partial charge on any atom is -0.465 e. The van der Waals surface area contributed by atoms with Crippen LogP contribution < -0.4 is 5.32 Å². The number of halogens is 1. The maximum atomic E-state index is 13.3. The Labute approximate surface area is 218 Å². The highest BCUT2D eigenvalue weighted by Crippen LogP contribution is 2.39. The van der Waals surface area contributed by atoms with Crippen molar-refractivity contribution in [1.82, 2.24) is 14.1 Å². The summed E-state index contributed by atoms with van der Waals surface area (Å²) in [4.78, 5) is 14.0. The third kappa shape index (κ3) is 5.80. The van der Waals surface area contributed by atoms with Crippen LogP contribution >= 0.6 is 0 Å². The van der Waals surface area contributed by atoms with Crippen LogP contribution in [-0.4, -0.2) is 50.2 Å². The summed E-state index contributed by atoms with van der Waals surface area (Å²) in [7, 11) is -1.37. The molecule has 1 saturated heterocycles. The van der Waals surface area contributed by atoms with E-state index in [4.69, 9.17) is 10.1 Å². The summed E-state index contributed by atoms with van der Waals surface area (Å²) in [6.45, 7) is 5.76. The van der Waals surface area contributed by atoms with Crippen LogP contribution in [0.2, 0.25) is 0 Å². The Balaban J connectivity index is 1.57. The van der Waals surface area contributed by atoms with Gasteiger partial charge in [-0.1, -0.05) is 13.0 Å². The molecule has 2 heterocycles. The zero-order valence-electron chi connectivity index (χ0n) is 21.1. The fourth-order valence-corrected chi connectivity index (χ4v) is 5.79. The lowest BCUT2D eigenvalue weighted by Gasteiger charge is -2.39. The van der Waals surface area contributed by atoms with E-state index in [-0.39, 0.29) is 18.4 Å². The lowest BCUT2D eigenvalue weighted by atomic mass is 9.72. The number of piperidine rings is 1. The van der Waals surface area contributed by atoms with Gasteiger partial charge >= 0.3 is 5.97 Å². The molecule has 0 aliphatic carbocycles. The van der Waals surface area contributed by atoms with E-state index in [1.807, 2.05) is 28.7 Å². The molecule has 37 heavy (non-hydrogen) atoms. The van der Waals surface area contributed by atoms with Gasteiger partial charge in [0.25, 0.3) is 0 Å². The van der Waals surface area contributed by atoms with E-state index in [0.29, 0.717) is 47.8 Å². The Hall–Kier alpha value is -3.37. The van der Waals surface area contributed by atoms with E-state index >= 15 is 0 Å². The second-order valence-electron chi connectivity index (χ2n) is 9.00. The van der Waals surface area contributed by atoms with Gasteiger partial charge in [0.15, 0.2) is 0 Å². The topological polar surface area (TPSA) is 100 Å². The van der Waals surface area contributed by atoms with Crippen molar-refractivity contribution in [1.29, 1.82) is 5.41 Å². The molecule has 0 bridgehead atoms. The lowest BCUT2D eigenvalue weighted by Crippen LogP contribution is -2.48. The van der Waals surface area contributed by atoms with Crippen molar-refractivity contribution in [3.05, 3.63) is 71.8 Å². The Morgan fingerprint density at radius 2 is 1.95 bits per heavy atom. The normalized spacial score (nSPS) is 16.2. The predicted octanol–water partition coefficient (Wildman–Crippen LogP) is 4.79. The number of carbonyl (C=O) groups excluding carboxylic acids is 1. The molecule has 3 aromatic rings. The quantitative estimate of drug-likeness (QED) is 0.293. The molecule has 0 saturated carbocycles. The first kappa shape index (κ1) is 26.7. The number of carbonyl (C=O) groups is 1. The molecule has 1 atom stereocenters. The summed E-state index contributed by atoms with van der Waals surface area (Å²) >= 11 is 0. The molecule has 2 aromatic carbocycles. The molecular weight excluding hydrogens is 493 g/mol. The molecule has 0 radical (unpaired) electrons. The summed E-state index contributed by atoms with van der Waals surface area (Å²) in [5, 5.41) is 15.5. The number of rotatable bonds is 10. The van der Waals surface area contributed by atoms with Crippen LogP contribution in [0.1, 0.15) is 44.2 Å². The maximum absolute atomic E-state index is 13.3. The van der Waals surface area contributed by atoms with Crippen molar-refractivity contribution < 1.29 is 18.1 Å². The van der Waals surface area contributed by atoms with Crippen LogP contribution in [0, 0.1) is 11.2 Å². The van der Waals surface area contributed by atoms with Crippen LogP contribution in [0.15, 0.2) is 59.8 Å². The predicted molar refractivity (Wildman–Crippen MR) is 142 cm³/mol. The van der Waals surface area contributed by atoms with Gasteiger partial charge in [-0.3, -0.25) is 9.48 Å². The molecule has 196 valence electrons. The van der Waals surface area contributed by atoms with Gasteiger partial charge in [0, 0.05) is 49.0 Å². The van der Waals surface area contributed by atoms with E-state index < -0.39 is 16.4 Å². The molecule has 1 fully saturated rings. The summed E-state index contributed by atoms with van der Waals surface area (Å²) in [6.07, 6.45) is 6.49. The SMILES string of the molecule is CCCn1cc(S(=O)N2CCC(C(=O)OCC)(c3ccc(Nc4ccc(F)cc4)c(C=N)c3)CC2)cn1. The van der Waals surface area contributed by atoms with Gasteiger partial charge in [0.2, 0.25) is 0 Å². The lowest BCUT2D eigenvalue weighted by molar-refractivity contribution is -0.151. The van der Waals surface area contributed by atoms with Gasteiger partial charge < -0.3 is 15.5 Å². The average molecular weight is 526 g/mol. The van der Waals surface area contributed by atoms with Crippen molar-refractivity contribution in [2.75, 3.05) is 25.0 Å². The second-order valence-corrected chi connectivity index (χ2v) is 10.5. The number of ether oxygens (including phenoxy) is 1. The number of anilines is 2. The third-order valence-electron chi connectivity index (χ3n) is 6.62. The largest absolute Gasteiger partial charge is 0.465 e. The van der Waals surface area contributed by atoms with Gasteiger partial charge in [-0.05, 0) is 68.1 Å².